The Morgan fingerprint density at radius 2 is 1.40 bits per heavy atom. The van der Waals surface area contributed by atoms with Gasteiger partial charge in [0.05, 0.1) is 33.7 Å². The van der Waals surface area contributed by atoms with Crippen molar-refractivity contribution in [1.29, 1.82) is 0 Å². The van der Waals surface area contributed by atoms with E-state index in [1.165, 1.54) is 0 Å². The largest absolute Gasteiger partial charge is 0.348 e. The SMILES string of the molecule is O=[N+]([O-])c1cc2nsnc2cc1[N+](=O)[O-]. The van der Waals surface area contributed by atoms with E-state index in [-0.39, 0.29) is 11.0 Å². The number of nitrogens with zero attached hydrogens (tertiary/aromatic N) is 4. The highest BCUT2D eigenvalue weighted by Crippen LogP contribution is 2.30. The Labute approximate surface area is 85.8 Å². The highest BCUT2D eigenvalue weighted by Gasteiger charge is 2.25. The fourth-order valence-corrected chi connectivity index (χ4v) is 1.61. The molecule has 0 saturated heterocycles. The first-order valence-electron chi connectivity index (χ1n) is 3.64. The highest BCUT2D eigenvalue weighted by atomic mass is 32.1. The lowest BCUT2D eigenvalue weighted by molar-refractivity contribution is -0.422. The molecule has 76 valence electrons. The van der Waals surface area contributed by atoms with Gasteiger partial charge in [-0.15, -0.1) is 0 Å². The Kier molecular flexibility index (Phi) is 2.01. The van der Waals surface area contributed by atoms with E-state index in [0.717, 1.165) is 23.9 Å². The first-order valence-corrected chi connectivity index (χ1v) is 4.37. The van der Waals surface area contributed by atoms with Crippen molar-refractivity contribution < 1.29 is 9.85 Å². The van der Waals surface area contributed by atoms with Gasteiger partial charge in [-0.3, -0.25) is 20.2 Å². The lowest BCUT2D eigenvalue weighted by atomic mass is 10.2. The molecule has 9 heteroatoms. The second kappa shape index (κ2) is 3.20. The van der Waals surface area contributed by atoms with Crippen molar-refractivity contribution >= 4 is 34.1 Å². The molecule has 1 heterocycles. The van der Waals surface area contributed by atoms with Gasteiger partial charge in [0.1, 0.15) is 11.0 Å². The van der Waals surface area contributed by atoms with Gasteiger partial charge in [0, 0.05) is 0 Å². The average molecular weight is 226 g/mol. The van der Waals surface area contributed by atoms with Gasteiger partial charge in [0.2, 0.25) is 0 Å². The van der Waals surface area contributed by atoms with Crippen LogP contribution in [0.3, 0.4) is 0 Å². The van der Waals surface area contributed by atoms with Crippen molar-refractivity contribution in [2.75, 3.05) is 0 Å². The van der Waals surface area contributed by atoms with Gasteiger partial charge in [-0.25, -0.2) is 0 Å². The molecule has 0 spiro atoms. The minimum absolute atomic E-state index is 0.289. The summed E-state index contributed by atoms with van der Waals surface area (Å²) in [6.07, 6.45) is 0. The van der Waals surface area contributed by atoms with Crippen molar-refractivity contribution in [3.63, 3.8) is 0 Å². The lowest BCUT2D eigenvalue weighted by Gasteiger charge is -1.93. The molecule has 0 unspecified atom stereocenters. The van der Waals surface area contributed by atoms with E-state index in [0.29, 0.717) is 0 Å². The Morgan fingerprint density at radius 3 is 1.73 bits per heavy atom. The molecule has 0 N–H and O–H groups in total. The summed E-state index contributed by atoms with van der Waals surface area (Å²) in [6.45, 7) is 0. The molecule has 0 aliphatic rings. The second-order valence-corrected chi connectivity index (χ2v) is 3.14. The third kappa shape index (κ3) is 1.48. The molecule has 0 bridgehead atoms. The minimum Gasteiger partial charge on any atom is -0.258 e. The molecule has 0 aliphatic heterocycles. The topological polar surface area (TPSA) is 112 Å². The predicted molar refractivity (Wildman–Crippen MR) is 50.7 cm³/mol. The highest BCUT2D eigenvalue weighted by molar-refractivity contribution is 7.00. The number of nitro groups is 2. The normalized spacial score (nSPS) is 10.4. The molecule has 2 aromatic rings. The predicted octanol–water partition coefficient (Wildman–Crippen LogP) is 1.51. The van der Waals surface area contributed by atoms with Crippen molar-refractivity contribution in [1.82, 2.24) is 8.75 Å². The summed E-state index contributed by atoms with van der Waals surface area (Å²) in [4.78, 5) is 19.5. The third-order valence-corrected chi connectivity index (χ3v) is 2.30. The summed E-state index contributed by atoms with van der Waals surface area (Å²) in [5.74, 6) is 0. The number of nitro benzene ring substituents is 2. The Bertz CT molecular complexity index is 517. The van der Waals surface area contributed by atoms with Crippen molar-refractivity contribution in [3.05, 3.63) is 32.4 Å². The zero-order valence-corrected chi connectivity index (χ0v) is 7.80. The monoisotopic (exact) mass is 226 g/mol. The van der Waals surface area contributed by atoms with Crippen LogP contribution in [0.15, 0.2) is 12.1 Å². The molecule has 0 amide bonds. The van der Waals surface area contributed by atoms with E-state index in [9.17, 15) is 20.2 Å². The molecule has 0 atom stereocenters. The molecule has 1 aromatic carbocycles. The van der Waals surface area contributed by atoms with Crippen LogP contribution in [0.2, 0.25) is 0 Å². The minimum atomic E-state index is -0.809. The quantitative estimate of drug-likeness (QED) is 0.566. The van der Waals surface area contributed by atoms with Crippen molar-refractivity contribution in [2.24, 2.45) is 0 Å². The maximum absolute atomic E-state index is 10.5. The van der Waals surface area contributed by atoms with Gasteiger partial charge in [-0.05, 0) is 0 Å². The van der Waals surface area contributed by atoms with Crippen LogP contribution >= 0.6 is 11.7 Å². The maximum Gasteiger partial charge on any atom is 0.348 e. The maximum atomic E-state index is 10.5. The molecule has 2 rings (SSSR count). The van der Waals surface area contributed by atoms with Crippen LogP contribution in [0, 0.1) is 20.2 Å². The number of rotatable bonds is 2. The first-order chi connectivity index (χ1) is 7.09. The number of aromatic nitrogens is 2. The van der Waals surface area contributed by atoms with Crippen LogP contribution in [0.25, 0.3) is 11.0 Å². The van der Waals surface area contributed by atoms with Crippen molar-refractivity contribution in [2.45, 2.75) is 0 Å². The third-order valence-electron chi connectivity index (χ3n) is 1.74. The molecular weight excluding hydrogens is 224 g/mol. The number of hydrogen-bond donors (Lipinski definition) is 0. The van der Waals surface area contributed by atoms with Gasteiger partial charge in [-0.1, -0.05) is 0 Å². The van der Waals surface area contributed by atoms with E-state index in [1.807, 2.05) is 0 Å². The van der Waals surface area contributed by atoms with Crippen LogP contribution in [-0.2, 0) is 0 Å². The van der Waals surface area contributed by atoms with Gasteiger partial charge >= 0.3 is 11.4 Å². The molecule has 15 heavy (non-hydrogen) atoms. The number of fused-ring (bicyclic) bond motifs is 1. The summed E-state index contributed by atoms with van der Waals surface area (Å²) in [6, 6.07) is 2.11. The number of hydrogen-bond acceptors (Lipinski definition) is 7. The molecule has 1 aromatic heterocycles. The second-order valence-electron chi connectivity index (χ2n) is 2.61. The standard InChI is InChI=1S/C6H2N4O4S/c11-9(12)5-1-3-4(8-15-7-3)2-6(5)10(13)14/h1-2H. The first kappa shape index (κ1) is 9.40. The van der Waals surface area contributed by atoms with E-state index >= 15 is 0 Å². The van der Waals surface area contributed by atoms with Gasteiger partial charge in [0.15, 0.2) is 0 Å². The van der Waals surface area contributed by atoms with E-state index in [4.69, 9.17) is 0 Å². The smallest absolute Gasteiger partial charge is 0.258 e. The molecule has 8 nitrogen and oxygen atoms in total. The fourth-order valence-electron chi connectivity index (χ4n) is 1.10. The number of benzene rings is 1. The average Bonchev–Trinajstić information content (AvgIpc) is 2.61. The molecule has 0 radical (unpaired) electrons. The van der Waals surface area contributed by atoms with E-state index < -0.39 is 21.2 Å². The fraction of sp³-hybridized carbons (Fsp3) is 0. The van der Waals surface area contributed by atoms with E-state index in [2.05, 4.69) is 8.75 Å². The zero-order chi connectivity index (χ0) is 11.0. The van der Waals surface area contributed by atoms with Crippen molar-refractivity contribution in [3.8, 4) is 0 Å². The van der Waals surface area contributed by atoms with Crippen LogP contribution in [0.4, 0.5) is 11.4 Å². The molecular formula is C6H2N4O4S. The molecule has 0 aliphatic carbocycles. The van der Waals surface area contributed by atoms with Gasteiger partial charge in [-0.2, -0.15) is 8.75 Å². The van der Waals surface area contributed by atoms with E-state index in [1.54, 1.807) is 0 Å². The van der Waals surface area contributed by atoms with Gasteiger partial charge in [0.25, 0.3) is 0 Å². The van der Waals surface area contributed by atoms with Crippen LogP contribution in [-0.4, -0.2) is 18.6 Å². The Morgan fingerprint density at radius 1 is 1.00 bits per heavy atom. The summed E-state index contributed by atoms with van der Waals surface area (Å²) in [7, 11) is 0. The summed E-state index contributed by atoms with van der Waals surface area (Å²) in [5.41, 5.74) is -0.560. The zero-order valence-electron chi connectivity index (χ0n) is 6.98. The van der Waals surface area contributed by atoms with Crippen LogP contribution < -0.4 is 0 Å². The molecule has 0 fully saturated rings. The van der Waals surface area contributed by atoms with Crippen LogP contribution in [0.5, 0.6) is 0 Å². The van der Waals surface area contributed by atoms with Gasteiger partial charge < -0.3 is 0 Å². The van der Waals surface area contributed by atoms with Crippen LogP contribution in [0.1, 0.15) is 0 Å². The molecule has 0 saturated carbocycles. The summed E-state index contributed by atoms with van der Waals surface area (Å²) in [5, 5.41) is 21.1. The summed E-state index contributed by atoms with van der Waals surface area (Å²) < 4.78 is 7.53. The summed E-state index contributed by atoms with van der Waals surface area (Å²) >= 11 is 0.849. The Balaban J connectivity index is 2.79. The lowest BCUT2D eigenvalue weighted by Crippen LogP contribution is -1.96. The Hall–Kier alpha value is -2.16.